The largest absolute Gasteiger partial charge is 0.354 e. The van der Waals surface area contributed by atoms with Crippen molar-refractivity contribution < 1.29 is 0 Å². The third-order valence-electron chi connectivity index (χ3n) is 5.10. The van der Waals surface area contributed by atoms with Gasteiger partial charge in [0, 0.05) is 32.4 Å². The second-order valence-electron chi connectivity index (χ2n) is 7.09. The third kappa shape index (κ3) is 4.30. The maximum atomic E-state index is 4.51. The van der Waals surface area contributed by atoms with Gasteiger partial charge in [-0.3, -0.25) is 9.67 Å². The Morgan fingerprint density at radius 3 is 2.59 bits per heavy atom. The van der Waals surface area contributed by atoms with Crippen molar-refractivity contribution in [1.82, 2.24) is 20.4 Å². The van der Waals surface area contributed by atoms with E-state index in [2.05, 4.69) is 84.0 Å². The molecule has 27 heavy (non-hydrogen) atoms. The predicted molar refractivity (Wildman–Crippen MR) is 113 cm³/mol. The summed E-state index contributed by atoms with van der Waals surface area (Å²) in [7, 11) is 3.81. The van der Waals surface area contributed by atoms with Crippen molar-refractivity contribution in [3.8, 4) is 0 Å². The van der Waals surface area contributed by atoms with E-state index >= 15 is 0 Å². The monoisotopic (exact) mass is 363 g/mol. The Hall–Kier alpha value is -2.82. The Morgan fingerprint density at radius 2 is 1.89 bits per heavy atom. The minimum atomic E-state index is 0.255. The Morgan fingerprint density at radius 1 is 1.15 bits per heavy atom. The standard InChI is InChI=1S/C22H29N5/c1-15(13-21-16(2)26-27(5)17(21)3)25-22(23-4)24-14-19-11-8-10-18-9-6-7-12-20(18)19/h6-12,15H,13-14H2,1-5H3,(H2,23,24,25). The highest BCUT2D eigenvalue weighted by Gasteiger charge is 2.14. The zero-order chi connectivity index (χ0) is 19.4. The topological polar surface area (TPSA) is 54.2 Å². The van der Waals surface area contributed by atoms with Crippen molar-refractivity contribution in [3.05, 3.63) is 65.0 Å². The quantitative estimate of drug-likeness (QED) is 0.539. The minimum absolute atomic E-state index is 0.255. The Kier molecular flexibility index (Phi) is 5.79. The molecule has 5 heteroatoms. The lowest BCUT2D eigenvalue weighted by molar-refractivity contribution is 0.635. The second-order valence-corrected chi connectivity index (χ2v) is 7.09. The third-order valence-corrected chi connectivity index (χ3v) is 5.10. The smallest absolute Gasteiger partial charge is 0.191 e. The molecule has 0 saturated heterocycles. The molecule has 1 unspecified atom stereocenters. The van der Waals surface area contributed by atoms with E-state index in [1.807, 2.05) is 18.8 Å². The van der Waals surface area contributed by atoms with Crippen LogP contribution in [0.5, 0.6) is 0 Å². The van der Waals surface area contributed by atoms with Gasteiger partial charge in [0.15, 0.2) is 5.96 Å². The lowest BCUT2D eigenvalue weighted by atomic mass is 10.0. The zero-order valence-electron chi connectivity index (χ0n) is 16.9. The van der Waals surface area contributed by atoms with Crippen LogP contribution in [0.1, 0.15) is 29.4 Å². The highest BCUT2D eigenvalue weighted by molar-refractivity contribution is 5.86. The van der Waals surface area contributed by atoms with Crippen molar-refractivity contribution in [1.29, 1.82) is 0 Å². The first-order valence-corrected chi connectivity index (χ1v) is 9.42. The van der Waals surface area contributed by atoms with Crippen LogP contribution in [0.25, 0.3) is 10.8 Å². The van der Waals surface area contributed by atoms with Crippen molar-refractivity contribution in [2.45, 2.75) is 39.8 Å². The number of fused-ring (bicyclic) bond motifs is 1. The summed E-state index contributed by atoms with van der Waals surface area (Å²) >= 11 is 0. The fourth-order valence-corrected chi connectivity index (χ4v) is 3.52. The van der Waals surface area contributed by atoms with Crippen molar-refractivity contribution in [2.24, 2.45) is 12.0 Å². The van der Waals surface area contributed by atoms with E-state index in [0.717, 1.165) is 24.6 Å². The van der Waals surface area contributed by atoms with Gasteiger partial charge in [-0.1, -0.05) is 42.5 Å². The Bertz CT molecular complexity index is 949. The molecular weight excluding hydrogens is 334 g/mol. The van der Waals surface area contributed by atoms with Crippen LogP contribution in [0.15, 0.2) is 47.5 Å². The summed E-state index contributed by atoms with van der Waals surface area (Å²) in [6.07, 6.45) is 0.917. The SMILES string of the molecule is CN=C(NCc1cccc2ccccc12)NC(C)Cc1c(C)nn(C)c1C. The first-order valence-electron chi connectivity index (χ1n) is 9.42. The van der Waals surface area contributed by atoms with Gasteiger partial charge < -0.3 is 10.6 Å². The number of nitrogens with zero attached hydrogens (tertiary/aromatic N) is 3. The number of aryl methyl sites for hydroxylation is 2. The van der Waals surface area contributed by atoms with Gasteiger partial charge in [-0.2, -0.15) is 5.10 Å². The zero-order valence-corrected chi connectivity index (χ0v) is 16.9. The molecule has 0 saturated carbocycles. The first-order chi connectivity index (χ1) is 13.0. The van der Waals surface area contributed by atoms with E-state index in [9.17, 15) is 0 Å². The molecule has 1 heterocycles. The first kappa shape index (κ1) is 19.0. The van der Waals surface area contributed by atoms with Crippen molar-refractivity contribution in [3.63, 3.8) is 0 Å². The molecule has 0 aliphatic rings. The number of nitrogens with one attached hydrogen (secondary N) is 2. The molecule has 2 aromatic carbocycles. The van der Waals surface area contributed by atoms with E-state index in [4.69, 9.17) is 0 Å². The molecule has 0 spiro atoms. The van der Waals surface area contributed by atoms with Gasteiger partial charge in [0.25, 0.3) is 0 Å². The number of aliphatic imine (C=N–C) groups is 1. The average molecular weight is 364 g/mol. The molecule has 0 aliphatic carbocycles. The molecule has 3 rings (SSSR count). The van der Waals surface area contributed by atoms with E-state index in [1.54, 1.807) is 0 Å². The van der Waals surface area contributed by atoms with Crippen LogP contribution in [-0.4, -0.2) is 28.8 Å². The molecule has 1 atom stereocenters. The van der Waals surface area contributed by atoms with Crippen LogP contribution in [0.3, 0.4) is 0 Å². The van der Waals surface area contributed by atoms with Crippen LogP contribution >= 0.6 is 0 Å². The number of rotatable bonds is 5. The summed E-state index contributed by atoms with van der Waals surface area (Å²) < 4.78 is 1.95. The summed E-state index contributed by atoms with van der Waals surface area (Å²) in [4.78, 5) is 4.39. The molecule has 0 fully saturated rings. The number of hydrogen-bond acceptors (Lipinski definition) is 2. The molecule has 0 amide bonds. The highest BCUT2D eigenvalue weighted by atomic mass is 15.3. The van der Waals surface area contributed by atoms with Crippen LogP contribution in [0.2, 0.25) is 0 Å². The van der Waals surface area contributed by atoms with E-state index < -0.39 is 0 Å². The molecule has 0 aliphatic heterocycles. The van der Waals surface area contributed by atoms with Crippen molar-refractivity contribution >= 4 is 16.7 Å². The number of guanidine groups is 1. The summed E-state index contributed by atoms with van der Waals surface area (Å²) in [6, 6.07) is 15.1. The van der Waals surface area contributed by atoms with Gasteiger partial charge in [0.05, 0.1) is 5.69 Å². The summed E-state index contributed by atoms with van der Waals surface area (Å²) in [5.41, 5.74) is 4.90. The molecule has 2 N–H and O–H groups in total. The van der Waals surface area contributed by atoms with Crippen LogP contribution in [0.4, 0.5) is 0 Å². The number of aromatic nitrogens is 2. The van der Waals surface area contributed by atoms with Gasteiger partial charge in [0.1, 0.15) is 0 Å². The molecule has 0 bridgehead atoms. The lowest BCUT2D eigenvalue weighted by Gasteiger charge is -2.18. The number of benzene rings is 2. The maximum Gasteiger partial charge on any atom is 0.191 e. The fraction of sp³-hybridized carbons (Fsp3) is 0.364. The Labute approximate surface area is 161 Å². The summed E-state index contributed by atoms with van der Waals surface area (Å²) in [6.45, 7) is 7.10. The van der Waals surface area contributed by atoms with Crippen LogP contribution in [-0.2, 0) is 20.0 Å². The molecule has 1 aromatic heterocycles. The van der Waals surface area contributed by atoms with Crippen LogP contribution < -0.4 is 10.6 Å². The highest BCUT2D eigenvalue weighted by Crippen LogP contribution is 2.18. The number of hydrogen-bond donors (Lipinski definition) is 2. The molecule has 3 aromatic rings. The van der Waals surface area contributed by atoms with Crippen molar-refractivity contribution in [2.75, 3.05) is 7.05 Å². The molecule has 5 nitrogen and oxygen atoms in total. The van der Waals surface area contributed by atoms with Gasteiger partial charge in [-0.15, -0.1) is 0 Å². The van der Waals surface area contributed by atoms with E-state index in [-0.39, 0.29) is 6.04 Å². The molecular formula is C22H29N5. The summed E-state index contributed by atoms with van der Waals surface area (Å²) in [5, 5.41) is 14.0. The maximum absolute atomic E-state index is 4.51. The minimum Gasteiger partial charge on any atom is -0.354 e. The normalized spacial score (nSPS) is 13.0. The van der Waals surface area contributed by atoms with Gasteiger partial charge in [0.2, 0.25) is 0 Å². The Balaban J connectivity index is 1.64. The molecule has 142 valence electrons. The molecule has 0 radical (unpaired) electrons. The summed E-state index contributed by atoms with van der Waals surface area (Å²) in [5.74, 6) is 0.814. The van der Waals surface area contributed by atoms with Gasteiger partial charge >= 0.3 is 0 Å². The predicted octanol–water partition coefficient (Wildman–Crippen LogP) is 3.49. The van der Waals surface area contributed by atoms with Crippen LogP contribution in [0, 0.1) is 13.8 Å². The van der Waals surface area contributed by atoms with Gasteiger partial charge in [-0.05, 0) is 49.1 Å². The van der Waals surface area contributed by atoms with Gasteiger partial charge in [-0.25, -0.2) is 0 Å². The van der Waals surface area contributed by atoms with E-state index in [0.29, 0.717) is 0 Å². The second kappa shape index (κ2) is 8.25. The average Bonchev–Trinajstić information content (AvgIpc) is 2.91. The van der Waals surface area contributed by atoms with E-state index in [1.165, 1.54) is 27.6 Å². The lowest BCUT2D eigenvalue weighted by Crippen LogP contribution is -2.42. The fourth-order valence-electron chi connectivity index (χ4n) is 3.52.